The van der Waals surface area contributed by atoms with Crippen LogP contribution in [-0.2, 0) is 24.3 Å². The summed E-state index contributed by atoms with van der Waals surface area (Å²) < 4.78 is 35.6. The Balaban J connectivity index is 2.66. The van der Waals surface area contributed by atoms with Crippen LogP contribution < -0.4 is 10.0 Å². The molecule has 0 aliphatic heterocycles. The van der Waals surface area contributed by atoms with E-state index in [4.69, 9.17) is 9.47 Å². The molecule has 1 amide bonds. The van der Waals surface area contributed by atoms with E-state index < -0.39 is 16.1 Å². The van der Waals surface area contributed by atoms with Crippen LogP contribution in [0.2, 0.25) is 0 Å². The Hall–Kier alpha value is -1.64. The highest BCUT2D eigenvalue weighted by molar-refractivity contribution is 7.92. The highest BCUT2D eigenvalue weighted by atomic mass is 32.2. The van der Waals surface area contributed by atoms with Crippen LogP contribution in [0.4, 0.5) is 11.4 Å². The number of hydrogen-bond acceptors (Lipinski definition) is 5. The first-order chi connectivity index (χ1) is 10.7. The molecule has 0 bridgehead atoms. The number of carbonyl (C=O) groups is 1. The number of carbonyl (C=O) groups excluding carboxylic acids is 1. The maximum Gasteiger partial charge on any atom is 0.253 e. The monoisotopic (exact) mass is 344 g/mol. The van der Waals surface area contributed by atoms with Crippen molar-refractivity contribution in [3.63, 3.8) is 0 Å². The van der Waals surface area contributed by atoms with Gasteiger partial charge in [0.25, 0.3) is 5.91 Å². The number of amides is 1. The lowest BCUT2D eigenvalue weighted by molar-refractivity contribution is -0.127. The smallest absolute Gasteiger partial charge is 0.253 e. The minimum absolute atomic E-state index is 0.310. The first-order valence-corrected chi connectivity index (χ1v) is 9.20. The highest BCUT2D eigenvalue weighted by Gasteiger charge is 2.14. The van der Waals surface area contributed by atoms with Gasteiger partial charge in [0, 0.05) is 12.3 Å². The van der Waals surface area contributed by atoms with E-state index in [1.165, 1.54) is 0 Å². The number of anilines is 2. The van der Waals surface area contributed by atoms with E-state index in [-0.39, 0.29) is 5.91 Å². The third kappa shape index (κ3) is 7.45. The molecule has 0 radical (unpaired) electrons. The molecule has 130 valence electrons. The van der Waals surface area contributed by atoms with Crippen molar-refractivity contribution in [3.8, 4) is 0 Å². The normalized spacial score (nSPS) is 12.7. The highest BCUT2D eigenvalue weighted by Crippen LogP contribution is 2.21. The lowest BCUT2D eigenvalue weighted by atomic mass is 10.2. The number of rotatable bonds is 9. The second-order valence-electron chi connectivity index (χ2n) is 5.10. The molecule has 0 spiro atoms. The second kappa shape index (κ2) is 8.85. The van der Waals surface area contributed by atoms with Gasteiger partial charge in [-0.25, -0.2) is 8.42 Å². The molecule has 1 rings (SSSR count). The minimum Gasteiger partial charge on any atom is -0.379 e. The van der Waals surface area contributed by atoms with Gasteiger partial charge >= 0.3 is 0 Å². The zero-order valence-electron chi connectivity index (χ0n) is 13.9. The van der Waals surface area contributed by atoms with Crippen LogP contribution in [0.3, 0.4) is 0 Å². The van der Waals surface area contributed by atoms with Gasteiger partial charge in [0.15, 0.2) is 0 Å². The van der Waals surface area contributed by atoms with Crippen molar-refractivity contribution >= 4 is 27.3 Å². The third-order valence-corrected chi connectivity index (χ3v) is 3.56. The Morgan fingerprint density at radius 1 is 1.30 bits per heavy atom. The third-order valence-electron chi connectivity index (χ3n) is 2.97. The Kier molecular flexibility index (Phi) is 7.47. The van der Waals surface area contributed by atoms with Crippen LogP contribution in [0.5, 0.6) is 0 Å². The summed E-state index contributed by atoms with van der Waals surface area (Å²) in [6.07, 6.45) is 0.439. The first-order valence-electron chi connectivity index (χ1n) is 7.31. The van der Waals surface area contributed by atoms with E-state index in [1.54, 1.807) is 32.0 Å². The quantitative estimate of drug-likeness (QED) is 0.666. The zero-order chi connectivity index (χ0) is 17.5. The van der Waals surface area contributed by atoms with Gasteiger partial charge in [-0.1, -0.05) is 6.07 Å². The first kappa shape index (κ1) is 19.4. The molecule has 0 aliphatic rings. The molecule has 0 fully saturated rings. The molecule has 2 N–H and O–H groups in total. The Bertz CT molecular complexity index is 631. The lowest BCUT2D eigenvalue weighted by Crippen LogP contribution is -2.29. The fourth-order valence-corrected chi connectivity index (χ4v) is 2.38. The number of nitrogens with one attached hydrogen (secondary N) is 2. The Labute approximate surface area is 137 Å². The average Bonchev–Trinajstić information content (AvgIpc) is 2.45. The maximum atomic E-state index is 12.0. The van der Waals surface area contributed by atoms with Gasteiger partial charge in [0.1, 0.15) is 6.10 Å². The van der Waals surface area contributed by atoms with Gasteiger partial charge in [0.05, 0.1) is 25.2 Å². The summed E-state index contributed by atoms with van der Waals surface area (Å²) in [7, 11) is -3.38. The van der Waals surface area contributed by atoms with Gasteiger partial charge in [-0.2, -0.15) is 0 Å². The molecule has 1 aromatic carbocycles. The summed E-state index contributed by atoms with van der Waals surface area (Å²) in [6, 6.07) is 5.00. The summed E-state index contributed by atoms with van der Waals surface area (Å²) in [5.41, 5.74) is 1.68. The van der Waals surface area contributed by atoms with Crippen molar-refractivity contribution in [2.24, 2.45) is 0 Å². The summed E-state index contributed by atoms with van der Waals surface area (Å²) in [6.45, 7) is 6.67. The predicted octanol–water partition coefficient (Wildman–Crippen LogP) is 1.75. The molecular weight excluding hydrogens is 320 g/mol. The van der Waals surface area contributed by atoms with E-state index >= 15 is 0 Å². The largest absolute Gasteiger partial charge is 0.379 e. The fraction of sp³-hybridized carbons (Fsp3) is 0.533. The topological polar surface area (TPSA) is 93.7 Å². The van der Waals surface area contributed by atoms with E-state index in [2.05, 4.69) is 10.0 Å². The summed E-state index contributed by atoms with van der Waals surface area (Å²) in [5, 5.41) is 2.70. The van der Waals surface area contributed by atoms with Crippen LogP contribution >= 0.6 is 0 Å². The Morgan fingerprint density at radius 3 is 2.61 bits per heavy atom. The van der Waals surface area contributed by atoms with Gasteiger partial charge in [-0.3, -0.25) is 9.52 Å². The summed E-state index contributed by atoms with van der Waals surface area (Å²) >= 11 is 0. The van der Waals surface area contributed by atoms with Crippen LogP contribution in [0.1, 0.15) is 19.4 Å². The van der Waals surface area contributed by atoms with E-state index in [0.717, 1.165) is 11.8 Å². The number of ether oxygens (including phenoxy) is 2. The average molecular weight is 344 g/mol. The van der Waals surface area contributed by atoms with Crippen LogP contribution in [0, 0.1) is 6.92 Å². The van der Waals surface area contributed by atoms with E-state index in [0.29, 0.717) is 31.2 Å². The van der Waals surface area contributed by atoms with Gasteiger partial charge in [-0.05, 0) is 38.5 Å². The van der Waals surface area contributed by atoms with Crippen molar-refractivity contribution in [2.45, 2.75) is 26.9 Å². The van der Waals surface area contributed by atoms with Crippen molar-refractivity contribution in [1.82, 2.24) is 0 Å². The molecule has 7 nitrogen and oxygen atoms in total. The van der Waals surface area contributed by atoms with Crippen molar-refractivity contribution in [2.75, 3.05) is 36.1 Å². The molecule has 8 heteroatoms. The number of sulfonamides is 1. The van der Waals surface area contributed by atoms with E-state index in [1.807, 2.05) is 6.92 Å². The molecule has 0 aromatic heterocycles. The van der Waals surface area contributed by atoms with Gasteiger partial charge in [0.2, 0.25) is 10.0 Å². The predicted molar refractivity (Wildman–Crippen MR) is 90.2 cm³/mol. The standard InChI is InChI=1S/C15H24N2O5S/c1-5-21-8-9-22-12(3)15(18)16-13-7-6-11(2)14(10-13)17-23(4,19)20/h6-7,10,12,17H,5,8-9H2,1-4H3,(H,16,18). The summed E-state index contributed by atoms with van der Waals surface area (Å²) in [4.78, 5) is 12.0. The molecule has 1 atom stereocenters. The molecule has 1 unspecified atom stereocenters. The fourth-order valence-electron chi connectivity index (χ4n) is 1.76. The molecule has 0 saturated heterocycles. The number of aryl methyl sites for hydroxylation is 1. The molecular formula is C15H24N2O5S. The SMILES string of the molecule is CCOCCOC(C)C(=O)Nc1ccc(C)c(NS(C)(=O)=O)c1. The molecule has 1 aromatic rings. The summed E-state index contributed by atoms with van der Waals surface area (Å²) in [5.74, 6) is -0.310. The minimum atomic E-state index is -3.38. The number of benzene rings is 1. The molecule has 0 heterocycles. The van der Waals surface area contributed by atoms with Gasteiger partial charge < -0.3 is 14.8 Å². The molecule has 0 saturated carbocycles. The van der Waals surface area contributed by atoms with Crippen LogP contribution in [-0.4, -0.2) is 46.5 Å². The lowest BCUT2D eigenvalue weighted by Gasteiger charge is -2.15. The van der Waals surface area contributed by atoms with Crippen LogP contribution in [0.15, 0.2) is 18.2 Å². The molecule has 23 heavy (non-hydrogen) atoms. The van der Waals surface area contributed by atoms with Gasteiger partial charge in [-0.15, -0.1) is 0 Å². The van der Waals surface area contributed by atoms with Crippen LogP contribution in [0.25, 0.3) is 0 Å². The zero-order valence-corrected chi connectivity index (χ0v) is 14.7. The van der Waals surface area contributed by atoms with E-state index in [9.17, 15) is 13.2 Å². The van der Waals surface area contributed by atoms with Crippen molar-refractivity contribution < 1.29 is 22.7 Å². The maximum absolute atomic E-state index is 12.0. The van der Waals surface area contributed by atoms with Crippen molar-refractivity contribution in [1.29, 1.82) is 0 Å². The number of hydrogen-bond donors (Lipinski definition) is 2. The second-order valence-corrected chi connectivity index (χ2v) is 6.85. The van der Waals surface area contributed by atoms with Crippen molar-refractivity contribution in [3.05, 3.63) is 23.8 Å². The molecule has 0 aliphatic carbocycles. The Morgan fingerprint density at radius 2 is 2.00 bits per heavy atom.